The van der Waals surface area contributed by atoms with Crippen molar-refractivity contribution < 1.29 is 18.0 Å². The lowest BCUT2D eigenvalue weighted by atomic mass is 10.1. The number of benzene rings is 2. The van der Waals surface area contributed by atoms with Crippen LogP contribution in [-0.4, -0.2) is 10.9 Å². The SMILES string of the molecule is Cc1c(C(=O)Nc2ccc(F)c(CNc3cccnc3N)c2)oc2ccc(F)cc12. The summed E-state index contributed by atoms with van der Waals surface area (Å²) in [5.41, 5.74) is 8.02. The molecule has 1 amide bonds. The summed E-state index contributed by atoms with van der Waals surface area (Å²) >= 11 is 0. The molecule has 152 valence electrons. The Labute approximate surface area is 170 Å². The van der Waals surface area contributed by atoms with Crippen molar-refractivity contribution in [2.24, 2.45) is 0 Å². The summed E-state index contributed by atoms with van der Waals surface area (Å²) < 4.78 is 33.3. The third-order valence-corrected chi connectivity index (χ3v) is 4.72. The first-order valence-corrected chi connectivity index (χ1v) is 9.15. The number of hydrogen-bond acceptors (Lipinski definition) is 5. The van der Waals surface area contributed by atoms with Crippen molar-refractivity contribution in [3.8, 4) is 0 Å². The van der Waals surface area contributed by atoms with Crippen LogP contribution in [0.15, 0.2) is 59.1 Å². The first-order chi connectivity index (χ1) is 14.4. The van der Waals surface area contributed by atoms with Crippen LogP contribution >= 0.6 is 0 Å². The van der Waals surface area contributed by atoms with Crippen molar-refractivity contribution in [1.82, 2.24) is 4.98 Å². The molecular weight excluding hydrogens is 390 g/mol. The van der Waals surface area contributed by atoms with Crippen molar-refractivity contribution >= 4 is 34.1 Å². The first-order valence-electron chi connectivity index (χ1n) is 9.15. The molecule has 0 aliphatic rings. The van der Waals surface area contributed by atoms with E-state index in [0.29, 0.717) is 39.3 Å². The Balaban J connectivity index is 1.54. The molecule has 0 saturated carbocycles. The number of aryl methyl sites for hydroxylation is 1. The van der Waals surface area contributed by atoms with Crippen LogP contribution in [0.4, 0.5) is 26.0 Å². The molecule has 2 aromatic carbocycles. The molecule has 0 bridgehead atoms. The molecule has 4 aromatic rings. The summed E-state index contributed by atoms with van der Waals surface area (Å²) in [7, 11) is 0. The van der Waals surface area contributed by atoms with Gasteiger partial charge < -0.3 is 20.8 Å². The Hall–Kier alpha value is -3.94. The summed E-state index contributed by atoms with van der Waals surface area (Å²) in [5.74, 6) is -0.977. The molecule has 0 atom stereocenters. The molecule has 0 aliphatic carbocycles. The monoisotopic (exact) mass is 408 g/mol. The number of furan rings is 1. The number of aromatic nitrogens is 1. The summed E-state index contributed by atoms with van der Waals surface area (Å²) in [5, 5.41) is 6.24. The highest BCUT2D eigenvalue weighted by Gasteiger charge is 2.18. The van der Waals surface area contributed by atoms with E-state index in [0.717, 1.165) is 0 Å². The van der Waals surface area contributed by atoms with Crippen LogP contribution in [0.3, 0.4) is 0 Å². The predicted octanol–water partition coefficient (Wildman–Crippen LogP) is 4.86. The predicted molar refractivity (Wildman–Crippen MR) is 111 cm³/mol. The Kier molecular flexibility index (Phi) is 5.05. The molecule has 0 aliphatic heterocycles. The molecule has 2 aromatic heterocycles. The molecule has 0 radical (unpaired) electrons. The van der Waals surface area contributed by atoms with Gasteiger partial charge in [0.25, 0.3) is 5.91 Å². The number of halogens is 2. The fourth-order valence-electron chi connectivity index (χ4n) is 3.14. The van der Waals surface area contributed by atoms with Crippen molar-refractivity contribution in [3.63, 3.8) is 0 Å². The van der Waals surface area contributed by atoms with Gasteiger partial charge in [0.05, 0.1) is 5.69 Å². The largest absolute Gasteiger partial charge is 0.451 e. The van der Waals surface area contributed by atoms with Crippen LogP contribution < -0.4 is 16.4 Å². The van der Waals surface area contributed by atoms with Crippen LogP contribution in [-0.2, 0) is 6.54 Å². The lowest BCUT2D eigenvalue weighted by Crippen LogP contribution is -2.13. The van der Waals surface area contributed by atoms with E-state index in [1.807, 2.05) is 0 Å². The van der Waals surface area contributed by atoms with E-state index < -0.39 is 17.5 Å². The van der Waals surface area contributed by atoms with Crippen molar-refractivity contribution in [2.45, 2.75) is 13.5 Å². The number of nitrogen functional groups attached to an aromatic ring is 1. The highest BCUT2D eigenvalue weighted by Crippen LogP contribution is 2.27. The van der Waals surface area contributed by atoms with E-state index in [1.54, 1.807) is 25.3 Å². The molecule has 0 unspecified atom stereocenters. The minimum absolute atomic E-state index is 0.0720. The molecular formula is C22H18F2N4O2. The lowest BCUT2D eigenvalue weighted by molar-refractivity contribution is 0.0998. The van der Waals surface area contributed by atoms with Gasteiger partial charge in [0, 0.05) is 34.9 Å². The number of amides is 1. The van der Waals surface area contributed by atoms with Crippen LogP contribution in [0.25, 0.3) is 11.0 Å². The Morgan fingerprint density at radius 3 is 2.80 bits per heavy atom. The first kappa shape index (κ1) is 19.4. The zero-order chi connectivity index (χ0) is 21.3. The van der Waals surface area contributed by atoms with Gasteiger partial charge in [0.15, 0.2) is 5.76 Å². The highest BCUT2D eigenvalue weighted by atomic mass is 19.1. The fraction of sp³-hybridized carbons (Fsp3) is 0.0909. The second kappa shape index (κ2) is 7.82. The number of nitrogens with one attached hydrogen (secondary N) is 2. The van der Waals surface area contributed by atoms with E-state index in [9.17, 15) is 13.6 Å². The second-order valence-corrected chi connectivity index (χ2v) is 6.75. The van der Waals surface area contributed by atoms with E-state index in [2.05, 4.69) is 15.6 Å². The lowest BCUT2D eigenvalue weighted by Gasteiger charge is -2.11. The smallest absolute Gasteiger partial charge is 0.291 e. The molecule has 30 heavy (non-hydrogen) atoms. The van der Waals surface area contributed by atoms with Gasteiger partial charge in [-0.2, -0.15) is 0 Å². The van der Waals surface area contributed by atoms with Crippen LogP contribution in [0.1, 0.15) is 21.7 Å². The van der Waals surface area contributed by atoms with Crippen molar-refractivity contribution in [3.05, 3.63) is 83.2 Å². The van der Waals surface area contributed by atoms with Crippen molar-refractivity contribution in [1.29, 1.82) is 0 Å². The van der Waals surface area contributed by atoms with E-state index in [1.165, 1.54) is 36.4 Å². The Morgan fingerprint density at radius 1 is 1.17 bits per heavy atom. The number of carbonyl (C=O) groups is 1. The number of nitrogens with two attached hydrogens (primary N) is 1. The molecule has 0 spiro atoms. The van der Waals surface area contributed by atoms with Gasteiger partial charge in [-0.1, -0.05) is 0 Å². The maximum atomic E-state index is 14.2. The van der Waals surface area contributed by atoms with Crippen LogP contribution in [0, 0.1) is 18.6 Å². The molecule has 4 rings (SSSR count). The van der Waals surface area contributed by atoms with Gasteiger partial charge in [-0.25, -0.2) is 13.8 Å². The summed E-state index contributed by atoms with van der Waals surface area (Å²) in [6, 6.07) is 11.7. The van der Waals surface area contributed by atoms with Gasteiger partial charge in [0.1, 0.15) is 23.0 Å². The average Bonchev–Trinajstić information content (AvgIpc) is 3.05. The third kappa shape index (κ3) is 3.80. The number of fused-ring (bicyclic) bond motifs is 1. The molecule has 2 heterocycles. The maximum absolute atomic E-state index is 14.2. The third-order valence-electron chi connectivity index (χ3n) is 4.72. The zero-order valence-corrected chi connectivity index (χ0v) is 16.0. The number of pyridine rings is 1. The quantitative estimate of drug-likeness (QED) is 0.438. The van der Waals surface area contributed by atoms with Crippen LogP contribution in [0.5, 0.6) is 0 Å². The number of nitrogens with zero attached hydrogens (tertiary/aromatic N) is 1. The average molecular weight is 408 g/mol. The Morgan fingerprint density at radius 2 is 2.00 bits per heavy atom. The fourth-order valence-corrected chi connectivity index (χ4v) is 3.14. The molecule has 4 N–H and O–H groups in total. The van der Waals surface area contributed by atoms with Crippen molar-refractivity contribution in [2.75, 3.05) is 16.4 Å². The van der Waals surface area contributed by atoms with Gasteiger partial charge in [-0.3, -0.25) is 4.79 Å². The van der Waals surface area contributed by atoms with E-state index in [4.69, 9.17) is 10.2 Å². The number of carbonyl (C=O) groups excluding carboxylic acids is 1. The second-order valence-electron chi connectivity index (χ2n) is 6.75. The molecule has 8 heteroatoms. The summed E-state index contributed by atoms with van der Waals surface area (Å²) in [6.45, 7) is 1.83. The molecule has 0 fully saturated rings. The van der Waals surface area contributed by atoms with Gasteiger partial charge in [-0.15, -0.1) is 0 Å². The number of hydrogen-bond donors (Lipinski definition) is 3. The minimum Gasteiger partial charge on any atom is -0.451 e. The van der Waals surface area contributed by atoms with E-state index in [-0.39, 0.29) is 12.3 Å². The van der Waals surface area contributed by atoms with E-state index >= 15 is 0 Å². The van der Waals surface area contributed by atoms with Gasteiger partial charge >= 0.3 is 0 Å². The maximum Gasteiger partial charge on any atom is 0.291 e. The molecule has 6 nitrogen and oxygen atoms in total. The minimum atomic E-state index is -0.508. The van der Waals surface area contributed by atoms with Gasteiger partial charge in [-0.05, 0) is 55.5 Å². The van der Waals surface area contributed by atoms with Crippen LogP contribution in [0.2, 0.25) is 0 Å². The number of rotatable bonds is 5. The summed E-state index contributed by atoms with van der Waals surface area (Å²) in [6.07, 6.45) is 1.56. The van der Waals surface area contributed by atoms with Gasteiger partial charge in [0.2, 0.25) is 0 Å². The molecule has 0 saturated heterocycles. The standard InChI is InChI=1S/C22H18F2N4O2/c1-12-16-10-14(23)4-7-19(16)30-20(12)22(29)28-15-5-6-17(24)13(9-15)11-27-18-3-2-8-26-21(18)25/h2-10,27H,11H2,1H3,(H2,25,26)(H,28,29). The zero-order valence-electron chi connectivity index (χ0n) is 16.0. The topological polar surface area (TPSA) is 93.2 Å². The Bertz CT molecular complexity index is 1250. The highest BCUT2D eigenvalue weighted by molar-refractivity contribution is 6.06. The number of anilines is 3. The summed E-state index contributed by atoms with van der Waals surface area (Å²) in [4.78, 5) is 16.6. The normalized spacial score (nSPS) is 10.9.